The molecule has 2 amide bonds. The van der Waals surface area contributed by atoms with Gasteiger partial charge < -0.3 is 9.47 Å². The Bertz CT molecular complexity index is 870. The van der Waals surface area contributed by atoms with Crippen molar-refractivity contribution in [1.29, 1.82) is 5.26 Å². The van der Waals surface area contributed by atoms with Crippen LogP contribution in [0.1, 0.15) is 15.9 Å². The molecule has 0 bridgehead atoms. The zero-order valence-corrected chi connectivity index (χ0v) is 14.3. The fraction of sp³-hybridized carbons (Fsp3) is 0.105. The van der Waals surface area contributed by atoms with Gasteiger partial charge in [0.05, 0.1) is 14.2 Å². The summed E-state index contributed by atoms with van der Waals surface area (Å²) in [6.07, 6.45) is 1.38. The third-order valence-electron chi connectivity index (χ3n) is 3.41. The maximum absolute atomic E-state index is 12.1. The highest BCUT2D eigenvalue weighted by Crippen LogP contribution is 2.28. The summed E-state index contributed by atoms with van der Waals surface area (Å²) in [6, 6.07) is 15.2. The van der Waals surface area contributed by atoms with Crippen LogP contribution in [-0.4, -0.2) is 26.0 Å². The summed E-state index contributed by atoms with van der Waals surface area (Å²) < 4.78 is 10.3. The lowest BCUT2D eigenvalue weighted by Crippen LogP contribution is -2.42. The van der Waals surface area contributed by atoms with Crippen molar-refractivity contribution in [2.75, 3.05) is 14.2 Å². The topological polar surface area (TPSA) is 100 Å². The Morgan fingerprint density at radius 3 is 2.31 bits per heavy atom. The Morgan fingerprint density at radius 2 is 1.69 bits per heavy atom. The van der Waals surface area contributed by atoms with Crippen LogP contribution in [0.15, 0.2) is 54.1 Å². The van der Waals surface area contributed by atoms with E-state index in [0.717, 1.165) is 0 Å². The van der Waals surface area contributed by atoms with E-state index in [1.165, 1.54) is 20.3 Å². The summed E-state index contributed by atoms with van der Waals surface area (Å²) in [5.74, 6) is -0.215. The minimum atomic E-state index is -0.730. The second-order valence-corrected chi connectivity index (χ2v) is 5.06. The summed E-state index contributed by atoms with van der Waals surface area (Å²) >= 11 is 0. The Kier molecular flexibility index (Phi) is 6.34. The van der Waals surface area contributed by atoms with Crippen molar-refractivity contribution in [3.05, 3.63) is 65.2 Å². The minimum Gasteiger partial charge on any atom is -0.493 e. The van der Waals surface area contributed by atoms with Crippen molar-refractivity contribution in [2.45, 2.75) is 0 Å². The third-order valence-corrected chi connectivity index (χ3v) is 3.41. The molecule has 0 aliphatic rings. The molecule has 0 saturated heterocycles. The van der Waals surface area contributed by atoms with E-state index < -0.39 is 11.8 Å². The lowest BCUT2D eigenvalue weighted by molar-refractivity contribution is -0.117. The normalized spacial score (nSPS) is 10.4. The molecule has 0 aliphatic heterocycles. The van der Waals surface area contributed by atoms with Gasteiger partial charge in [0.1, 0.15) is 11.6 Å². The standard InChI is InChI=1S/C19H17N3O4/c1-25-16-9-8-13(11-17(16)26-2)10-15(12-20)19(24)22-21-18(23)14-6-4-3-5-7-14/h3-11H,1-2H3,(H,21,23)(H,22,24)/b15-10+. The van der Waals surface area contributed by atoms with Crippen LogP contribution in [0.4, 0.5) is 0 Å². The molecule has 0 unspecified atom stereocenters. The number of nitrogens with zero attached hydrogens (tertiary/aromatic N) is 1. The van der Waals surface area contributed by atoms with Gasteiger partial charge in [-0.05, 0) is 35.9 Å². The van der Waals surface area contributed by atoms with Crippen LogP contribution < -0.4 is 20.3 Å². The van der Waals surface area contributed by atoms with E-state index in [2.05, 4.69) is 10.9 Å². The molecule has 0 saturated carbocycles. The fourth-order valence-electron chi connectivity index (χ4n) is 2.10. The SMILES string of the molecule is COc1ccc(/C=C(\C#N)C(=O)NNC(=O)c2ccccc2)cc1OC. The maximum atomic E-state index is 12.1. The number of nitrogens with one attached hydrogen (secondary N) is 2. The first-order valence-corrected chi connectivity index (χ1v) is 7.58. The molecule has 0 aliphatic carbocycles. The van der Waals surface area contributed by atoms with Crippen molar-refractivity contribution in [1.82, 2.24) is 10.9 Å². The van der Waals surface area contributed by atoms with Gasteiger partial charge in [-0.1, -0.05) is 24.3 Å². The van der Waals surface area contributed by atoms with E-state index in [0.29, 0.717) is 22.6 Å². The van der Waals surface area contributed by atoms with E-state index >= 15 is 0 Å². The van der Waals surface area contributed by atoms with Crippen LogP contribution in [0.2, 0.25) is 0 Å². The Hall–Kier alpha value is -3.79. The van der Waals surface area contributed by atoms with Gasteiger partial charge in [0, 0.05) is 5.56 Å². The predicted octanol–water partition coefficient (Wildman–Crippen LogP) is 2.07. The second-order valence-electron chi connectivity index (χ2n) is 5.06. The zero-order chi connectivity index (χ0) is 18.9. The number of hydrazine groups is 1. The molecule has 26 heavy (non-hydrogen) atoms. The molecule has 0 fully saturated rings. The number of nitriles is 1. The molecule has 7 heteroatoms. The highest BCUT2D eigenvalue weighted by atomic mass is 16.5. The highest BCUT2D eigenvalue weighted by Gasteiger charge is 2.12. The van der Waals surface area contributed by atoms with E-state index in [-0.39, 0.29) is 5.57 Å². The van der Waals surface area contributed by atoms with E-state index in [9.17, 15) is 14.9 Å². The summed E-state index contributed by atoms with van der Waals surface area (Å²) in [7, 11) is 3.00. The van der Waals surface area contributed by atoms with Crippen molar-refractivity contribution >= 4 is 17.9 Å². The average Bonchev–Trinajstić information content (AvgIpc) is 2.70. The number of benzene rings is 2. The quantitative estimate of drug-likeness (QED) is 0.488. The Balaban J connectivity index is 2.10. The minimum absolute atomic E-state index is 0.175. The molecule has 2 aromatic carbocycles. The largest absolute Gasteiger partial charge is 0.493 e. The number of rotatable bonds is 5. The Labute approximate surface area is 150 Å². The van der Waals surface area contributed by atoms with Gasteiger partial charge >= 0.3 is 0 Å². The van der Waals surface area contributed by atoms with Gasteiger partial charge in [0.25, 0.3) is 11.8 Å². The molecule has 132 valence electrons. The first-order chi connectivity index (χ1) is 12.6. The number of carbonyl (C=O) groups excluding carboxylic acids is 2. The lowest BCUT2D eigenvalue weighted by Gasteiger charge is -2.09. The highest BCUT2D eigenvalue weighted by molar-refractivity contribution is 6.03. The first kappa shape index (κ1) is 18.5. The van der Waals surface area contributed by atoms with Crippen LogP contribution in [0.25, 0.3) is 6.08 Å². The number of carbonyl (C=O) groups is 2. The van der Waals surface area contributed by atoms with Gasteiger partial charge in [0.2, 0.25) is 0 Å². The maximum Gasteiger partial charge on any atom is 0.280 e. The van der Waals surface area contributed by atoms with Crippen LogP contribution in [0, 0.1) is 11.3 Å². The molecule has 0 atom stereocenters. The van der Waals surface area contributed by atoms with Crippen molar-refractivity contribution < 1.29 is 19.1 Å². The number of hydrogen-bond acceptors (Lipinski definition) is 5. The fourth-order valence-corrected chi connectivity index (χ4v) is 2.10. The van der Waals surface area contributed by atoms with Crippen molar-refractivity contribution in [2.24, 2.45) is 0 Å². The van der Waals surface area contributed by atoms with Gasteiger partial charge in [-0.2, -0.15) is 5.26 Å². The molecular formula is C19H17N3O4. The number of methoxy groups -OCH3 is 2. The smallest absolute Gasteiger partial charge is 0.280 e. The number of hydrogen-bond donors (Lipinski definition) is 2. The van der Waals surface area contributed by atoms with Crippen molar-refractivity contribution in [3.8, 4) is 17.6 Å². The molecule has 0 spiro atoms. The van der Waals surface area contributed by atoms with Crippen LogP contribution in [0.5, 0.6) is 11.5 Å². The summed E-state index contributed by atoms with van der Waals surface area (Å²) in [5.41, 5.74) is 5.27. The van der Waals surface area contributed by atoms with Gasteiger partial charge in [-0.25, -0.2) is 0 Å². The van der Waals surface area contributed by atoms with E-state index in [4.69, 9.17) is 9.47 Å². The Morgan fingerprint density at radius 1 is 1.00 bits per heavy atom. The van der Waals surface area contributed by atoms with Gasteiger partial charge in [0.15, 0.2) is 11.5 Å². The molecule has 2 rings (SSSR count). The molecule has 0 aromatic heterocycles. The predicted molar refractivity (Wildman–Crippen MR) is 95.2 cm³/mol. The molecule has 7 nitrogen and oxygen atoms in total. The molecule has 0 heterocycles. The molecule has 2 aromatic rings. The van der Waals surface area contributed by atoms with Gasteiger partial charge in [-0.3, -0.25) is 20.4 Å². The molecular weight excluding hydrogens is 334 g/mol. The van der Waals surface area contributed by atoms with Crippen LogP contribution in [0.3, 0.4) is 0 Å². The first-order valence-electron chi connectivity index (χ1n) is 7.58. The zero-order valence-electron chi connectivity index (χ0n) is 14.3. The van der Waals surface area contributed by atoms with Crippen LogP contribution in [-0.2, 0) is 4.79 Å². The van der Waals surface area contributed by atoms with E-state index in [1.54, 1.807) is 54.6 Å². The monoisotopic (exact) mass is 351 g/mol. The molecule has 2 N–H and O–H groups in total. The van der Waals surface area contributed by atoms with Crippen molar-refractivity contribution in [3.63, 3.8) is 0 Å². The number of ether oxygens (including phenoxy) is 2. The summed E-state index contributed by atoms with van der Waals surface area (Å²) in [6.45, 7) is 0. The summed E-state index contributed by atoms with van der Waals surface area (Å²) in [4.78, 5) is 24.0. The second kappa shape index (κ2) is 8.89. The average molecular weight is 351 g/mol. The molecule has 0 radical (unpaired) electrons. The summed E-state index contributed by atoms with van der Waals surface area (Å²) in [5, 5.41) is 9.22. The number of amides is 2. The van der Waals surface area contributed by atoms with Crippen LogP contribution >= 0.6 is 0 Å². The lowest BCUT2D eigenvalue weighted by atomic mass is 10.1. The van der Waals surface area contributed by atoms with E-state index in [1.807, 2.05) is 0 Å². The van der Waals surface area contributed by atoms with Gasteiger partial charge in [-0.15, -0.1) is 0 Å². The third kappa shape index (κ3) is 4.61.